The van der Waals surface area contributed by atoms with Crippen LogP contribution in [0, 0.1) is 10.1 Å². The molecule has 2 aromatic carbocycles. The van der Waals surface area contributed by atoms with E-state index in [1.54, 1.807) is 12.0 Å². The first-order chi connectivity index (χ1) is 18.0. The third-order valence-corrected chi connectivity index (χ3v) is 7.00. The number of rotatable bonds is 6. The van der Waals surface area contributed by atoms with Crippen molar-refractivity contribution < 1.29 is 18.9 Å². The minimum absolute atomic E-state index is 0.0246. The molecule has 0 radical (unpaired) electrons. The van der Waals surface area contributed by atoms with Gasteiger partial charge in [-0.3, -0.25) is 10.1 Å². The van der Waals surface area contributed by atoms with Crippen LogP contribution in [0.15, 0.2) is 36.4 Å². The molecular formula is C26H34N6O5Si. The summed E-state index contributed by atoms with van der Waals surface area (Å²) >= 11 is 0. The number of amides is 2. The van der Waals surface area contributed by atoms with Crippen LogP contribution in [-0.4, -0.2) is 68.2 Å². The molecule has 1 saturated heterocycles. The van der Waals surface area contributed by atoms with Gasteiger partial charge in [-0.25, -0.2) is 4.79 Å². The molecule has 11 nitrogen and oxygen atoms in total. The number of carbonyl (C=O) groups is 1. The summed E-state index contributed by atoms with van der Waals surface area (Å²) in [4.78, 5) is 36.6. The highest BCUT2D eigenvalue weighted by Gasteiger charge is 2.27. The Morgan fingerprint density at radius 2 is 1.74 bits per heavy atom. The Hall–Kier alpha value is -3.93. The highest BCUT2D eigenvalue weighted by Crippen LogP contribution is 2.38. The monoisotopic (exact) mass is 538 g/mol. The Kier molecular flexibility index (Phi) is 7.72. The molecule has 2 amide bonds. The Morgan fingerprint density at radius 3 is 2.29 bits per heavy atom. The van der Waals surface area contributed by atoms with Crippen molar-refractivity contribution in [1.82, 2.24) is 14.9 Å². The molecular weight excluding hydrogens is 504 g/mol. The van der Waals surface area contributed by atoms with Crippen LogP contribution >= 0.6 is 0 Å². The fourth-order valence-electron chi connectivity index (χ4n) is 4.37. The van der Waals surface area contributed by atoms with Crippen molar-refractivity contribution in [2.45, 2.75) is 39.3 Å². The number of hydrogen-bond acceptors (Lipinski definition) is 8. The summed E-state index contributed by atoms with van der Waals surface area (Å²) in [5, 5.41) is 14.6. The highest BCUT2D eigenvalue weighted by atomic mass is 28.3. The molecule has 1 aliphatic heterocycles. The van der Waals surface area contributed by atoms with Crippen molar-refractivity contribution in [3.63, 3.8) is 0 Å². The second-order valence-electron chi connectivity index (χ2n) is 10.5. The first-order valence-corrected chi connectivity index (χ1v) is 15.4. The van der Waals surface area contributed by atoms with Crippen molar-refractivity contribution in [2.75, 3.05) is 43.5 Å². The number of urea groups is 1. The first-order valence-electron chi connectivity index (χ1n) is 12.6. The molecule has 2 heterocycles. The normalized spacial score (nSPS) is 14.1. The number of nitro benzene ring substituents is 1. The number of fused-ring (bicyclic) bond motifs is 1. The number of nitrogens with one attached hydrogen (secondary N) is 1. The van der Waals surface area contributed by atoms with Gasteiger partial charge in [0.05, 0.1) is 17.5 Å². The average molecular weight is 539 g/mol. The lowest BCUT2D eigenvalue weighted by molar-refractivity contribution is -0.384. The standard InChI is InChI=1S/C26H34N6O5Si/c1-26(2,3)20-16-21-19(15-22(20)36-4)23(29-24(28-21)37-38(5)6)30-11-13-31(14-12-30)25(33)27-17-7-9-18(10-8-17)32(34)35/h7-10,15-16,38H,11-14H2,1-6H3,(H,27,33). The molecule has 12 heteroatoms. The maximum Gasteiger partial charge on any atom is 0.321 e. The van der Waals surface area contributed by atoms with Crippen LogP contribution in [0.4, 0.5) is 22.0 Å². The van der Waals surface area contributed by atoms with Gasteiger partial charge < -0.3 is 24.3 Å². The number of nitrogens with zero attached hydrogens (tertiary/aromatic N) is 5. The Morgan fingerprint density at radius 1 is 1.08 bits per heavy atom. The first kappa shape index (κ1) is 27.1. The van der Waals surface area contributed by atoms with Gasteiger partial charge in [0, 0.05) is 54.9 Å². The SMILES string of the molecule is COc1cc2c(N3CCN(C(=O)Nc4ccc([N+](=O)[O-])cc4)CC3)nc(O[SiH](C)C)nc2cc1C(C)(C)C. The average Bonchev–Trinajstić information content (AvgIpc) is 2.87. The van der Waals surface area contributed by atoms with Gasteiger partial charge in [0.25, 0.3) is 5.69 Å². The van der Waals surface area contributed by atoms with Crippen molar-refractivity contribution in [3.05, 3.63) is 52.1 Å². The van der Waals surface area contributed by atoms with Crippen LogP contribution in [0.5, 0.6) is 11.8 Å². The molecule has 3 aromatic rings. The molecule has 0 unspecified atom stereocenters. The maximum absolute atomic E-state index is 12.8. The van der Waals surface area contributed by atoms with Gasteiger partial charge in [-0.2, -0.15) is 9.97 Å². The van der Waals surface area contributed by atoms with Gasteiger partial charge in [-0.05, 0) is 42.8 Å². The van der Waals surface area contributed by atoms with Crippen LogP contribution in [0.1, 0.15) is 26.3 Å². The number of ether oxygens (including phenoxy) is 1. The number of piperazine rings is 1. The molecule has 0 saturated carbocycles. The summed E-state index contributed by atoms with van der Waals surface area (Å²) in [6, 6.07) is 9.96. The molecule has 4 rings (SSSR count). The van der Waals surface area contributed by atoms with Crippen molar-refractivity contribution in [3.8, 4) is 11.8 Å². The van der Waals surface area contributed by atoms with E-state index in [2.05, 4.69) is 50.1 Å². The topological polar surface area (TPSA) is 123 Å². The van der Waals surface area contributed by atoms with Gasteiger partial charge in [-0.1, -0.05) is 20.8 Å². The van der Waals surface area contributed by atoms with Gasteiger partial charge in [0.2, 0.25) is 9.04 Å². The fraction of sp³-hybridized carbons (Fsp3) is 0.423. The summed E-state index contributed by atoms with van der Waals surface area (Å²) < 4.78 is 11.8. The second-order valence-corrected chi connectivity index (χ2v) is 12.9. The zero-order valence-electron chi connectivity index (χ0n) is 22.6. The molecule has 1 aromatic heterocycles. The molecule has 0 bridgehead atoms. The van der Waals surface area contributed by atoms with E-state index in [4.69, 9.17) is 19.1 Å². The highest BCUT2D eigenvalue weighted by molar-refractivity contribution is 6.49. The van der Waals surface area contributed by atoms with Crippen LogP contribution in [0.2, 0.25) is 13.1 Å². The molecule has 1 N–H and O–H groups in total. The van der Waals surface area contributed by atoms with E-state index < -0.39 is 14.0 Å². The van der Waals surface area contributed by atoms with E-state index >= 15 is 0 Å². The van der Waals surface area contributed by atoms with Crippen LogP contribution < -0.4 is 19.4 Å². The summed E-state index contributed by atoms with van der Waals surface area (Å²) in [6.45, 7) is 12.7. The predicted molar refractivity (Wildman–Crippen MR) is 150 cm³/mol. The van der Waals surface area contributed by atoms with Crippen LogP contribution in [0.3, 0.4) is 0 Å². The Labute approximate surface area is 223 Å². The zero-order chi connectivity index (χ0) is 27.6. The summed E-state index contributed by atoms with van der Waals surface area (Å²) in [5.41, 5.74) is 2.19. The molecule has 0 spiro atoms. The lowest BCUT2D eigenvalue weighted by atomic mass is 9.85. The number of benzene rings is 2. The van der Waals surface area contributed by atoms with Gasteiger partial charge >= 0.3 is 12.0 Å². The number of carbonyl (C=O) groups excluding carboxylic acids is 1. The summed E-state index contributed by atoms with van der Waals surface area (Å²) in [7, 11) is 0.232. The number of aromatic nitrogens is 2. The minimum atomic E-state index is -1.44. The smallest absolute Gasteiger partial charge is 0.321 e. The summed E-state index contributed by atoms with van der Waals surface area (Å²) in [6.07, 6.45) is 0. The van der Waals surface area contributed by atoms with Crippen molar-refractivity contribution >= 4 is 43.2 Å². The van der Waals surface area contributed by atoms with E-state index in [1.165, 1.54) is 24.3 Å². The van der Waals surface area contributed by atoms with E-state index in [0.29, 0.717) is 37.9 Å². The van der Waals surface area contributed by atoms with Gasteiger partial charge in [0.15, 0.2) is 0 Å². The van der Waals surface area contributed by atoms with Gasteiger partial charge in [0.1, 0.15) is 11.6 Å². The number of methoxy groups -OCH3 is 1. The third-order valence-electron chi connectivity index (χ3n) is 6.32. The number of non-ortho nitro benzene ring substituents is 1. The molecule has 202 valence electrons. The quantitative estimate of drug-likeness (QED) is 0.275. The lowest BCUT2D eigenvalue weighted by Crippen LogP contribution is -2.50. The zero-order valence-corrected chi connectivity index (χ0v) is 23.8. The van der Waals surface area contributed by atoms with E-state index in [0.717, 1.165) is 28.0 Å². The number of anilines is 2. The van der Waals surface area contributed by atoms with E-state index in [1.807, 2.05) is 6.07 Å². The molecule has 38 heavy (non-hydrogen) atoms. The second kappa shape index (κ2) is 10.8. The molecule has 1 aliphatic rings. The van der Waals surface area contributed by atoms with Crippen molar-refractivity contribution in [1.29, 1.82) is 0 Å². The molecule has 0 atom stereocenters. The molecule has 1 fully saturated rings. The van der Waals surface area contributed by atoms with E-state index in [-0.39, 0.29) is 17.1 Å². The maximum atomic E-state index is 12.8. The van der Waals surface area contributed by atoms with Crippen molar-refractivity contribution in [2.24, 2.45) is 0 Å². The predicted octanol–water partition coefficient (Wildman–Crippen LogP) is 4.56. The van der Waals surface area contributed by atoms with E-state index in [9.17, 15) is 14.9 Å². The Bertz CT molecular complexity index is 1330. The van der Waals surface area contributed by atoms with Crippen LogP contribution in [-0.2, 0) is 5.41 Å². The largest absolute Gasteiger partial charge is 0.520 e. The van der Waals surface area contributed by atoms with Gasteiger partial charge in [-0.15, -0.1) is 0 Å². The summed E-state index contributed by atoms with van der Waals surface area (Å²) in [5.74, 6) is 1.54. The third kappa shape index (κ3) is 5.96. The fourth-order valence-corrected chi connectivity index (χ4v) is 4.90. The van der Waals surface area contributed by atoms with Crippen LogP contribution in [0.25, 0.3) is 10.9 Å². The minimum Gasteiger partial charge on any atom is -0.520 e. The molecule has 0 aliphatic carbocycles. The Balaban J connectivity index is 1.57. The number of nitro groups is 1. The lowest BCUT2D eigenvalue weighted by Gasteiger charge is -2.36. The number of hydrogen-bond donors (Lipinski definition) is 1.